The molecule has 0 amide bonds. The number of nitrogens with zero attached hydrogens (tertiary/aromatic N) is 4. The summed E-state index contributed by atoms with van der Waals surface area (Å²) < 4.78 is 0.899. The minimum absolute atomic E-state index is 0.784. The van der Waals surface area contributed by atoms with Crippen molar-refractivity contribution in [3.8, 4) is 0 Å². The molecule has 4 nitrogen and oxygen atoms in total. The lowest BCUT2D eigenvalue weighted by Gasteiger charge is -2.36. The Balaban J connectivity index is 1.68. The third kappa shape index (κ3) is 2.88. The van der Waals surface area contributed by atoms with Crippen LogP contribution in [0.15, 0.2) is 41.1 Å². The Labute approximate surface area is 131 Å². The highest BCUT2D eigenvalue weighted by Crippen LogP contribution is 2.26. The van der Waals surface area contributed by atoms with Gasteiger partial charge in [0.05, 0.1) is 15.2 Å². The Morgan fingerprint density at radius 2 is 1.55 bits per heavy atom. The highest BCUT2D eigenvalue weighted by atomic mass is 79.9. The average Bonchev–Trinajstić information content (AvgIpc) is 2.49. The molecule has 1 fully saturated rings. The van der Waals surface area contributed by atoms with Crippen LogP contribution in [-0.4, -0.2) is 36.1 Å². The molecule has 0 radical (unpaired) electrons. The first-order valence-electron chi connectivity index (χ1n) is 6.46. The van der Waals surface area contributed by atoms with Crippen LogP contribution in [0.3, 0.4) is 0 Å². The molecule has 0 bridgehead atoms. The largest absolute Gasteiger partial charge is 0.367 e. The van der Waals surface area contributed by atoms with Gasteiger partial charge in [-0.25, -0.2) is 9.97 Å². The number of rotatable bonds is 2. The fraction of sp³-hybridized carbons (Fsp3) is 0.286. The lowest BCUT2D eigenvalue weighted by Crippen LogP contribution is -2.47. The molecule has 20 heavy (non-hydrogen) atoms. The summed E-state index contributed by atoms with van der Waals surface area (Å²) in [6.45, 7) is 3.63. The first-order chi connectivity index (χ1) is 9.74. The van der Waals surface area contributed by atoms with Crippen molar-refractivity contribution < 1.29 is 0 Å². The summed E-state index contributed by atoms with van der Waals surface area (Å²) in [6.07, 6.45) is 3.56. The number of hydrogen-bond acceptors (Lipinski definition) is 4. The predicted octanol–water partition coefficient (Wildman–Crippen LogP) is 3.22. The number of benzene rings is 1. The van der Waals surface area contributed by atoms with Crippen molar-refractivity contribution in [3.05, 3.63) is 46.2 Å². The highest BCUT2D eigenvalue weighted by Gasteiger charge is 2.20. The molecule has 2 heterocycles. The topological polar surface area (TPSA) is 32.3 Å². The van der Waals surface area contributed by atoms with E-state index in [1.807, 2.05) is 18.2 Å². The van der Waals surface area contributed by atoms with Gasteiger partial charge >= 0.3 is 0 Å². The smallest absolute Gasteiger partial charge is 0.225 e. The van der Waals surface area contributed by atoms with E-state index in [1.54, 1.807) is 12.4 Å². The van der Waals surface area contributed by atoms with E-state index in [-0.39, 0.29) is 0 Å². The van der Waals surface area contributed by atoms with Crippen molar-refractivity contribution in [2.75, 3.05) is 36.0 Å². The molecule has 1 saturated heterocycles. The summed E-state index contributed by atoms with van der Waals surface area (Å²) in [7, 11) is 0. The molecular weight excluding hydrogens is 340 g/mol. The van der Waals surface area contributed by atoms with Gasteiger partial charge in [0.2, 0.25) is 5.95 Å². The van der Waals surface area contributed by atoms with Gasteiger partial charge in [0, 0.05) is 38.6 Å². The first-order valence-corrected chi connectivity index (χ1v) is 7.63. The third-order valence-corrected chi connectivity index (χ3v) is 4.09. The van der Waals surface area contributed by atoms with E-state index in [0.29, 0.717) is 0 Å². The molecular formula is C14H14BrClN4. The molecule has 1 aromatic carbocycles. The lowest BCUT2D eigenvalue weighted by atomic mass is 10.2. The molecule has 0 atom stereocenters. The van der Waals surface area contributed by atoms with Crippen LogP contribution in [-0.2, 0) is 0 Å². The maximum Gasteiger partial charge on any atom is 0.225 e. The zero-order chi connectivity index (χ0) is 13.9. The lowest BCUT2D eigenvalue weighted by molar-refractivity contribution is 0.640. The van der Waals surface area contributed by atoms with Crippen molar-refractivity contribution in [1.29, 1.82) is 0 Å². The van der Waals surface area contributed by atoms with E-state index < -0.39 is 0 Å². The average molecular weight is 354 g/mol. The Hall–Kier alpha value is -1.33. The molecule has 104 valence electrons. The van der Waals surface area contributed by atoms with Crippen molar-refractivity contribution in [3.63, 3.8) is 0 Å². The summed E-state index contributed by atoms with van der Waals surface area (Å²) in [6, 6.07) is 7.97. The zero-order valence-electron chi connectivity index (χ0n) is 10.8. The normalized spacial score (nSPS) is 15.5. The second kappa shape index (κ2) is 5.97. The van der Waals surface area contributed by atoms with Crippen molar-refractivity contribution in [1.82, 2.24) is 9.97 Å². The molecule has 0 unspecified atom stereocenters. The van der Waals surface area contributed by atoms with Gasteiger partial charge in [-0.3, -0.25) is 0 Å². The summed E-state index contributed by atoms with van der Waals surface area (Å²) in [5.41, 5.74) is 1.10. The predicted molar refractivity (Wildman–Crippen MR) is 85.6 cm³/mol. The SMILES string of the molecule is Clc1ccccc1N1CCN(c2ncc(Br)cn2)CC1. The maximum absolute atomic E-state index is 6.24. The first kappa shape index (κ1) is 13.6. The standard InChI is InChI=1S/C14H14BrClN4/c15-11-9-17-14(18-10-11)20-7-5-19(6-8-20)13-4-2-1-3-12(13)16/h1-4,9-10H,5-8H2. The van der Waals surface area contributed by atoms with Gasteiger partial charge < -0.3 is 9.80 Å². The fourth-order valence-electron chi connectivity index (χ4n) is 2.32. The van der Waals surface area contributed by atoms with E-state index >= 15 is 0 Å². The summed E-state index contributed by atoms with van der Waals surface area (Å²) in [5.74, 6) is 0.784. The highest BCUT2D eigenvalue weighted by molar-refractivity contribution is 9.10. The Morgan fingerprint density at radius 1 is 0.950 bits per heavy atom. The monoisotopic (exact) mass is 352 g/mol. The van der Waals surface area contributed by atoms with Crippen LogP contribution < -0.4 is 9.80 Å². The number of aromatic nitrogens is 2. The van der Waals surface area contributed by atoms with Crippen LogP contribution in [0.4, 0.5) is 11.6 Å². The van der Waals surface area contributed by atoms with E-state index in [1.165, 1.54) is 0 Å². The fourth-order valence-corrected chi connectivity index (χ4v) is 2.78. The summed E-state index contributed by atoms with van der Waals surface area (Å²) >= 11 is 9.59. The Bertz CT molecular complexity index is 582. The van der Waals surface area contributed by atoms with Crippen LogP contribution in [0.25, 0.3) is 0 Å². The number of para-hydroxylation sites is 1. The second-order valence-corrected chi connectivity index (χ2v) is 5.95. The molecule has 0 N–H and O–H groups in total. The molecule has 0 aliphatic carbocycles. The van der Waals surface area contributed by atoms with Gasteiger partial charge in [-0.2, -0.15) is 0 Å². The Morgan fingerprint density at radius 3 is 2.20 bits per heavy atom. The van der Waals surface area contributed by atoms with Crippen molar-refractivity contribution in [2.45, 2.75) is 0 Å². The van der Waals surface area contributed by atoms with E-state index in [4.69, 9.17) is 11.6 Å². The number of hydrogen-bond donors (Lipinski definition) is 0. The van der Waals surface area contributed by atoms with Gasteiger partial charge in [0.25, 0.3) is 0 Å². The van der Waals surface area contributed by atoms with Gasteiger partial charge in [0.1, 0.15) is 0 Å². The van der Waals surface area contributed by atoms with E-state index in [2.05, 4.69) is 41.8 Å². The van der Waals surface area contributed by atoms with Gasteiger partial charge in [0.15, 0.2) is 0 Å². The van der Waals surface area contributed by atoms with Gasteiger partial charge in [-0.15, -0.1) is 0 Å². The molecule has 1 aromatic heterocycles. The van der Waals surface area contributed by atoms with Crippen LogP contribution in [0.5, 0.6) is 0 Å². The van der Waals surface area contributed by atoms with E-state index in [9.17, 15) is 0 Å². The molecule has 0 saturated carbocycles. The molecule has 6 heteroatoms. The molecule has 1 aliphatic heterocycles. The maximum atomic E-state index is 6.24. The minimum Gasteiger partial charge on any atom is -0.367 e. The third-order valence-electron chi connectivity index (χ3n) is 3.36. The molecule has 1 aliphatic rings. The van der Waals surface area contributed by atoms with Crippen LogP contribution in [0.1, 0.15) is 0 Å². The second-order valence-electron chi connectivity index (χ2n) is 4.63. The molecule has 2 aromatic rings. The van der Waals surface area contributed by atoms with Gasteiger partial charge in [-0.1, -0.05) is 23.7 Å². The Kier molecular flexibility index (Phi) is 4.08. The van der Waals surface area contributed by atoms with Gasteiger partial charge in [-0.05, 0) is 28.1 Å². The number of piperazine rings is 1. The van der Waals surface area contributed by atoms with E-state index in [0.717, 1.165) is 47.3 Å². The van der Waals surface area contributed by atoms with Crippen molar-refractivity contribution >= 4 is 39.2 Å². The summed E-state index contributed by atoms with van der Waals surface area (Å²) in [4.78, 5) is 13.2. The van der Waals surface area contributed by atoms with Crippen LogP contribution >= 0.6 is 27.5 Å². The van der Waals surface area contributed by atoms with Crippen LogP contribution in [0.2, 0.25) is 5.02 Å². The van der Waals surface area contributed by atoms with Crippen molar-refractivity contribution in [2.24, 2.45) is 0 Å². The number of halogens is 2. The molecule has 3 rings (SSSR count). The minimum atomic E-state index is 0.784. The summed E-state index contributed by atoms with van der Waals surface area (Å²) in [5, 5.41) is 0.806. The number of anilines is 2. The van der Waals surface area contributed by atoms with Crippen LogP contribution in [0, 0.1) is 0 Å². The molecule has 0 spiro atoms. The zero-order valence-corrected chi connectivity index (χ0v) is 13.2. The quantitative estimate of drug-likeness (QED) is 0.830.